The van der Waals surface area contributed by atoms with E-state index in [0.717, 1.165) is 39.8 Å². The van der Waals surface area contributed by atoms with Gasteiger partial charge in [0, 0.05) is 35.6 Å². The molecule has 24 heavy (non-hydrogen) atoms. The lowest BCUT2D eigenvalue weighted by Crippen LogP contribution is -2.11. The molecule has 0 aliphatic heterocycles. The van der Waals surface area contributed by atoms with Crippen LogP contribution in [0.1, 0.15) is 19.4 Å². The zero-order valence-electron chi connectivity index (χ0n) is 13.9. The molecule has 122 valence electrons. The molecule has 0 atom stereocenters. The quantitative estimate of drug-likeness (QED) is 0.625. The number of hydrogen-bond acceptors (Lipinski definition) is 4. The Morgan fingerprint density at radius 3 is 2.88 bits per heavy atom. The Labute approximate surface area is 141 Å². The minimum atomic E-state index is 0.515. The van der Waals surface area contributed by atoms with Crippen LogP contribution in [0.2, 0.25) is 0 Å². The molecule has 0 spiro atoms. The zero-order valence-corrected chi connectivity index (χ0v) is 13.9. The van der Waals surface area contributed by atoms with Gasteiger partial charge in [0.2, 0.25) is 0 Å². The van der Waals surface area contributed by atoms with Gasteiger partial charge >= 0.3 is 0 Å². The first-order valence-corrected chi connectivity index (χ1v) is 7.92. The van der Waals surface area contributed by atoms with Gasteiger partial charge in [-0.15, -0.1) is 0 Å². The highest BCUT2D eigenvalue weighted by atomic mass is 15.1. The van der Waals surface area contributed by atoms with Gasteiger partial charge in [0.05, 0.1) is 5.52 Å². The van der Waals surface area contributed by atoms with Crippen molar-refractivity contribution in [2.45, 2.75) is 20.4 Å². The van der Waals surface area contributed by atoms with Crippen LogP contribution in [0.3, 0.4) is 0 Å². The van der Waals surface area contributed by atoms with Crippen molar-refractivity contribution in [1.29, 1.82) is 0 Å². The smallest absolute Gasteiger partial charge is 0.153 e. The molecule has 0 aliphatic carbocycles. The predicted octanol–water partition coefficient (Wildman–Crippen LogP) is 3.78. The fourth-order valence-corrected chi connectivity index (χ4v) is 2.60. The van der Waals surface area contributed by atoms with Gasteiger partial charge in [-0.05, 0) is 49.2 Å². The first-order valence-electron chi connectivity index (χ1n) is 7.92. The molecule has 2 aromatic heterocycles. The van der Waals surface area contributed by atoms with Gasteiger partial charge in [-0.25, -0.2) is 0 Å². The lowest BCUT2D eigenvalue weighted by Gasteiger charge is -2.09. The summed E-state index contributed by atoms with van der Waals surface area (Å²) in [6.45, 7) is 4.74. The van der Waals surface area contributed by atoms with Crippen molar-refractivity contribution in [2.24, 2.45) is 0 Å². The number of pyridine rings is 1. The maximum absolute atomic E-state index is 5.90. The minimum Gasteiger partial charge on any atom is -0.382 e. The van der Waals surface area contributed by atoms with Gasteiger partial charge in [-0.2, -0.15) is 5.10 Å². The van der Waals surface area contributed by atoms with Crippen molar-refractivity contribution in [1.82, 2.24) is 20.5 Å². The van der Waals surface area contributed by atoms with Crippen molar-refractivity contribution < 1.29 is 0 Å². The van der Waals surface area contributed by atoms with Crippen LogP contribution in [0.5, 0.6) is 0 Å². The summed E-state index contributed by atoms with van der Waals surface area (Å²) in [5, 5.41) is 11.3. The van der Waals surface area contributed by atoms with E-state index >= 15 is 0 Å². The Kier molecular flexibility index (Phi) is 4.61. The number of anilines is 1. The van der Waals surface area contributed by atoms with Gasteiger partial charge < -0.3 is 11.1 Å². The third-order valence-electron chi connectivity index (χ3n) is 3.87. The summed E-state index contributed by atoms with van der Waals surface area (Å²) in [5.74, 6) is 0.515. The van der Waals surface area contributed by atoms with Gasteiger partial charge in [0.1, 0.15) is 0 Å². The number of fused-ring (bicyclic) bond motifs is 1. The second-order valence-corrected chi connectivity index (χ2v) is 5.55. The number of H-pyrrole nitrogens is 1. The van der Waals surface area contributed by atoms with Crippen LogP contribution in [0.15, 0.2) is 60.6 Å². The molecule has 3 rings (SSSR count). The molecule has 4 N–H and O–H groups in total. The van der Waals surface area contributed by atoms with E-state index < -0.39 is 0 Å². The normalized spacial score (nSPS) is 12.2. The molecule has 5 nitrogen and oxygen atoms in total. The summed E-state index contributed by atoms with van der Waals surface area (Å²) in [7, 11) is 0. The number of nitrogens with one attached hydrogen (secondary N) is 2. The molecule has 0 saturated heterocycles. The first-order chi connectivity index (χ1) is 11.7. The second-order valence-electron chi connectivity index (χ2n) is 5.55. The number of aromatic nitrogens is 3. The predicted molar refractivity (Wildman–Crippen MR) is 99.1 cm³/mol. The Morgan fingerprint density at radius 2 is 2.08 bits per heavy atom. The molecule has 0 unspecified atom stereocenters. The number of allylic oxidation sites excluding steroid dienone is 3. The largest absolute Gasteiger partial charge is 0.382 e. The highest BCUT2D eigenvalue weighted by Gasteiger charge is 2.06. The molecular formula is C19H21N5. The maximum atomic E-state index is 5.90. The van der Waals surface area contributed by atoms with Crippen LogP contribution < -0.4 is 11.1 Å². The zero-order chi connectivity index (χ0) is 16.9. The molecule has 3 aromatic rings. The molecule has 0 amide bonds. The Morgan fingerprint density at radius 1 is 1.21 bits per heavy atom. The number of nitrogen functional groups attached to an aromatic ring is 1. The van der Waals surface area contributed by atoms with Crippen LogP contribution in [-0.2, 0) is 6.54 Å². The average molecular weight is 319 g/mol. The first kappa shape index (κ1) is 15.8. The summed E-state index contributed by atoms with van der Waals surface area (Å²) >= 11 is 0. The topological polar surface area (TPSA) is 79.6 Å². The van der Waals surface area contributed by atoms with Gasteiger partial charge in [0.25, 0.3) is 0 Å². The molecule has 5 heteroatoms. The fraction of sp³-hybridized carbons (Fsp3) is 0.158. The van der Waals surface area contributed by atoms with E-state index in [2.05, 4.69) is 26.6 Å². The third-order valence-corrected chi connectivity index (χ3v) is 3.87. The van der Waals surface area contributed by atoms with Crippen LogP contribution in [-0.4, -0.2) is 15.2 Å². The Hall–Kier alpha value is -3.08. The Balaban J connectivity index is 1.85. The second kappa shape index (κ2) is 7.00. The fourth-order valence-electron chi connectivity index (χ4n) is 2.60. The van der Waals surface area contributed by atoms with Crippen molar-refractivity contribution in [3.05, 3.63) is 66.1 Å². The van der Waals surface area contributed by atoms with Gasteiger partial charge in [-0.3, -0.25) is 10.1 Å². The SMILES string of the molecule is C/C=C\C(=C/C)NCc1cncc(-c2ccc3[nH]nc(N)c3c2)c1. The molecule has 0 bridgehead atoms. The third kappa shape index (κ3) is 3.30. The monoisotopic (exact) mass is 319 g/mol. The lowest BCUT2D eigenvalue weighted by atomic mass is 10.0. The number of hydrogen-bond donors (Lipinski definition) is 3. The number of benzene rings is 1. The lowest BCUT2D eigenvalue weighted by molar-refractivity contribution is 0.826. The number of nitrogens with two attached hydrogens (primary N) is 1. The summed E-state index contributed by atoms with van der Waals surface area (Å²) in [5.41, 5.74) is 11.2. The Bertz CT molecular complexity index is 905. The molecule has 0 saturated carbocycles. The standard InChI is InChI=1S/C19H21N5/c1-3-5-16(4-2)22-11-13-8-15(12-21-10-13)14-6-7-18-17(9-14)19(20)24-23-18/h3-10,12,22H,11H2,1-2H3,(H3,20,23,24)/b5-3-,16-4+. The van der Waals surface area contributed by atoms with Gasteiger partial charge in [-0.1, -0.05) is 18.2 Å². The highest BCUT2D eigenvalue weighted by Crippen LogP contribution is 2.26. The van der Waals surface area contributed by atoms with E-state index in [1.165, 1.54) is 0 Å². The minimum absolute atomic E-state index is 0.515. The van der Waals surface area contributed by atoms with E-state index in [9.17, 15) is 0 Å². The van der Waals surface area contributed by atoms with Crippen molar-refractivity contribution >= 4 is 16.7 Å². The van der Waals surface area contributed by atoms with Crippen LogP contribution >= 0.6 is 0 Å². The molecular weight excluding hydrogens is 298 g/mol. The molecule has 2 heterocycles. The number of aromatic amines is 1. The van der Waals surface area contributed by atoms with Crippen molar-refractivity contribution in [3.63, 3.8) is 0 Å². The number of rotatable bonds is 5. The van der Waals surface area contributed by atoms with E-state index in [4.69, 9.17) is 5.73 Å². The molecule has 0 aliphatic rings. The number of nitrogens with zero attached hydrogens (tertiary/aromatic N) is 2. The average Bonchev–Trinajstić information content (AvgIpc) is 2.99. The molecule has 0 radical (unpaired) electrons. The highest BCUT2D eigenvalue weighted by molar-refractivity contribution is 5.92. The van der Waals surface area contributed by atoms with Crippen LogP contribution in [0.4, 0.5) is 5.82 Å². The summed E-state index contributed by atoms with van der Waals surface area (Å²) in [6.07, 6.45) is 9.86. The summed E-state index contributed by atoms with van der Waals surface area (Å²) < 4.78 is 0. The van der Waals surface area contributed by atoms with Crippen molar-refractivity contribution in [3.8, 4) is 11.1 Å². The molecule has 1 aromatic carbocycles. The van der Waals surface area contributed by atoms with E-state index in [1.54, 1.807) is 0 Å². The summed E-state index contributed by atoms with van der Waals surface area (Å²) in [6, 6.07) is 8.22. The van der Waals surface area contributed by atoms with Gasteiger partial charge in [0.15, 0.2) is 5.82 Å². The van der Waals surface area contributed by atoms with E-state index in [-0.39, 0.29) is 0 Å². The molecule has 0 fully saturated rings. The summed E-state index contributed by atoms with van der Waals surface area (Å²) in [4.78, 5) is 4.37. The van der Waals surface area contributed by atoms with E-state index in [1.807, 2.05) is 62.7 Å². The van der Waals surface area contributed by atoms with Crippen molar-refractivity contribution in [2.75, 3.05) is 5.73 Å². The van der Waals surface area contributed by atoms with Crippen LogP contribution in [0.25, 0.3) is 22.0 Å². The van der Waals surface area contributed by atoms with E-state index in [0.29, 0.717) is 5.82 Å². The van der Waals surface area contributed by atoms with Crippen LogP contribution in [0, 0.1) is 0 Å². The maximum Gasteiger partial charge on any atom is 0.153 e.